The minimum absolute atomic E-state index is 0. The molecule has 0 bridgehead atoms. The van der Waals surface area contributed by atoms with Gasteiger partial charge in [-0.2, -0.15) is 0 Å². The number of amides is 2. The van der Waals surface area contributed by atoms with E-state index in [-0.39, 0.29) is 49.1 Å². The molecule has 132 valence electrons. The molecule has 2 amide bonds. The molecule has 0 aromatic heterocycles. The molecule has 1 atom stereocenters. The van der Waals surface area contributed by atoms with E-state index in [1.54, 1.807) is 0 Å². The number of carbonyl (C=O) groups excluding carboxylic acids is 2. The number of hydrogen-bond donors (Lipinski definition) is 3. The second kappa shape index (κ2) is 11.9. The highest BCUT2D eigenvalue weighted by atomic mass is 35.5. The Balaban J connectivity index is 0. The number of piperidine rings is 1. The number of likely N-dealkylation sites (tertiary alicyclic amines) is 1. The monoisotopic (exact) mass is 356 g/mol. The van der Waals surface area contributed by atoms with Gasteiger partial charge in [0.05, 0.1) is 12.6 Å². The summed E-state index contributed by atoms with van der Waals surface area (Å²) < 4.78 is 0. The summed E-state index contributed by atoms with van der Waals surface area (Å²) in [6, 6.07) is -0.559. The molecule has 1 heterocycles. The fourth-order valence-electron chi connectivity index (χ4n) is 2.17. The van der Waals surface area contributed by atoms with Crippen LogP contribution < -0.4 is 16.4 Å². The zero-order chi connectivity index (χ0) is 15.1. The summed E-state index contributed by atoms with van der Waals surface area (Å²) in [5.74, 6) is 0.198. The fourth-order valence-corrected chi connectivity index (χ4v) is 2.17. The standard InChI is InChI=1S/C14H28N4O2.2ClH/c1-10(2)13(15)14(20)17-9-12(19)16-8-11-4-6-18(3)7-5-11;;/h10-11,13H,4-9,15H2,1-3H3,(H,16,19)(H,17,20);2*1H/t13-;;/m0../s1. The molecule has 1 saturated heterocycles. The van der Waals surface area contributed by atoms with E-state index < -0.39 is 6.04 Å². The summed E-state index contributed by atoms with van der Waals surface area (Å²) in [5.41, 5.74) is 5.70. The van der Waals surface area contributed by atoms with Crippen LogP contribution >= 0.6 is 24.8 Å². The Kier molecular flexibility index (Phi) is 12.9. The van der Waals surface area contributed by atoms with Gasteiger partial charge in [0.25, 0.3) is 0 Å². The molecule has 1 fully saturated rings. The van der Waals surface area contributed by atoms with Gasteiger partial charge in [-0.05, 0) is 44.8 Å². The Labute approximate surface area is 145 Å². The van der Waals surface area contributed by atoms with Crippen LogP contribution in [-0.2, 0) is 9.59 Å². The third-order valence-electron chi connectivity index (χ3n) is 3.87. The molecular formula is C14H30Cl2N4O2. The molecule has 1 aliphatic rings. The highest BCUT2D eigenvalue weighted by Crippen LogP contribution is 2.14. The largest absolute Gasteiger partial charge is 0.354 e. The Hall–Kier alpha value is -0.560. The van der Waals surface area contributed by atoms with Gasteiger partial charge in [-0.25, -0.2) is 0 Å². The van der Waals surface area contributed by atoms with Crippen molar-refractivity contribution < 1.29 is 9.59 Å². The second-order valence-corrected chi connectivity index (χ2v) is 6.04. The lowest BCUT2D eigenvalue weighted by molar-refractivity contribution is -0.127. The van der Waals surface area contributed by atoms with Crippen molar-refractivity contribution in [3.63, 3.8) is 0 Å². The first-order valence-corrected chi connectivity index (χ1v) is 7.38. The zero-order valence-electron chi connectivity index (χ0n) is 13.6. The molecule has 6 nitrogen and oxygen atoms in total. The van der Waals surface area contributed by atoms with Gasteiger partial charge in [0.1, 0.15) is 0 Å². The fraction of sp³-hybridized carbons (Fsp3) is 0.857. The summed E-state index contributed by atoms with van der Waals surface area (Å²) in [5, 5.41) is 5.45. The quantitative estimate of drug-likeness (QED) is 0.642. The number of nitrogens with two attached hydrogens (primary N) is 1. The molecule has 0 radical (unpaired) electrons. The lowest BCUT2D eigenvalue weighted by Gasteiger charge is -2.28. The molecule has 0 aliphatic carbocycles. The van der Waals surface area contributed by atoms with E-state index in [0.717, 1.165) is 25.9 Å². The molecular weight excluding hydrogens is 327 g/mol. The predicted molar refractivity (Wildman–Crippen MR) is 93.5 cm³/mol. The Bertz CT molecular complexity index is 335. The van der Waals surface area contributed by atoms with Gasteiger partial charge in [-0.15, -0.1) is 24.8 Å². The van der Waals surface area contributed by atoms with Crippen LogP contribution in [-0.4, -0.2) is 56.0 Å². The van der Waals surface area contributed by atoms with Gasteiger partial charge >= 0.3 is 0 Å². The van der Waals surface area contributed by atoms with Gasteiger partial charge in [-0.1, -0.05) is 13.8 Å². The minimum atomic E-state index is -0.559. The average molecular weight is 357 g/mol. The normalized spacial score (nSPS) is 17.1. The van der Waals surface area contributed by atoms with Crippen LogP contribution in [0.4, 0.5) is 0 Å². The molecule has 0 saturated carbocycles. The van der Waals surface area contributed by atoms with Gasteiger partial charge in [-0.3, -0.25) is 9.59 Å². The third kappa shape index (κ3) is 8.78. The molecule has 0 aromatic carbocycles. The van der Waals surface area contributed by atoms with Gasteiger partial charge in [0, 0.05) is 6.54 Å². The van der Waals surface area contributed by atoms with Gasteiger partial charge < -0.3 is 21.3 Å². The summed E-state index contributed by atoms with van der Waals surface area (Å²) in [6.45, 7) is 6.63. The SMILES string of the molecule is CC(C)[C@H](N)C(=O)NCC(=O)NCC1CCN(C)CC1.Cl.Cl. The summed E-state index contributed by atoms with van der Waals surface area (Å²) in [4.78, 5) is 25.6. The Morgan fingerprint density at radius 2 is 1.73 bits per heavy atom. The highest BCUT2D eigenvalue weighted by molar-refractivity contribution is 5.87. The molecule has 1 aliphatic heterocycles. The van der Waals surface area contributed by atoms with E-state index in [4.69, 9.17) is 5.73 Å². The van der Waals surface area contributed by atoms with Crippen molar-refractivity contribution in [2.45, 2.75) is 32.7 Å². The molecule has 0 unspecified atom stereocenters. The molecule has 22 heavy (non-hydrogen) atoms. The van der Waals surface area contributed by atoms with Crippen molar-refractivity contribution in [3.05, 3.63) is 0 Å². The summed E-state index contributed by atoms with van der Waals surface area (Å²) >= 11 is 0. The second-order valence-electron chi connectivity index (χ2n) is 6.04. The first kappa shape index (κ1) is 23.7. The number of hydrogen-bond acceptors (Lipinski definition) is 4. The van der Waals surface area contributed by atoms with E-state index in [0.29, 0.717) is 12.5 Å². The number of halogens is 2. The van der Waals surface area contributed by atoms with E-state index >= 15 is 0 Å². The van der Waals surface area contributed by atoms with Crippen molar-refractivity contribution in [3.8, 4) is 0 Å². The topological polar surface area (TPSA) is 87.5 Å². The number of carbonyl (C=O) groups is 2. The van der Waals surface area contributed by atoms with Crippen LogP contribution in [0.15, 0.2) is 0 Å². The Morgan fingerprint density at radius 3 is 2.23 bits per heavy atom. The Morgan fingerprint density at radius 1 is 1.18 bits per heavy atom. The van der Waals surface area contributed by atoms with E-state index in [2.05, 4.69) is 22.6 Å². The lowest BCUT2D eigenvalue weighted by Crippen LogP contribution is -2.47. The molecule has 0 aromatic rings. The maximum absolute atomic E-state index is 11.7. The summed E-state index contributed by atoms with van der Waals surface area (Å²) in [6.07, 6.45) is 2.22. The number of nitrogens with zero attached hydrogens (tertiary/aromatic N) is 1. The molecule has 0 spiro atoms. The van der Waals surface area contributed by atoms with E-state index in [9.17, 15) is 9.59 Å². The lowest BCUT2D eigenvalue weighted by atomic mass is 9.97. The zero-order valence-corrected chi connectivity index (χ0v) is 15.3. The third-order valence-corrected chi connectivity index (χ3v) is 3.87. The smallest absolute Gasteiger partial charge is 0.239 e. The predicted octanol–water partition coefficient (Wildman–Crippen LogP) is 0.388. The van der Waals surface area contributed by atoms with Crippen molar-refractivity contribution in [1.29, 1.82) is 0 Å². The van der Waals surface area contributed by atoms with Crippen LogP contribution in [0, 0.1) is 11.8 Å². The van der Waals surface area contributed by atoms with Crippen molar-refractivity contribution >= 4 is 36.6 Å². The van der Waals surface area contributed by atoms with Crippen LogP contribution in [0.2, 0.25) is 0 Å². The summed E-state index contributed by atoms with van der Waals surface area (Å²) in [7, 11) is 2.11. The molecule has 1 rings (SSSR count). The average Bonchev–Trinajstić information content (AvgIpc) is 2.43. The minimum Gasteiger partial charge on any atom is -0.354 e. The van der Waals surface area contributed by atoms with E-state index in [1.807, 2.05) is 13.8 Å². The van der Waals surface area contributed by atoms with E-state index in [1.165, 1.54) is 0 Å². The first-order chi connectivity index (χ1) is 9.40. The maximum Gasteiger partial charge on any atom is 0.239 e. The first-order valence-electron chi connectivity index (χ1n) is 7.38. The van der Waals surface area contributed by atoms with Crippen LogP contribution in [0.5, 0.6) is 0 Å². The maximum atomic E-state index is 11.7. The van der Waals surface area contributed by atoms with Crippen molar-refractivity contribution in [1.82, 2.24) is 15.5 Å². The van der Waals surface area contributed by atoms with Gasteiger partial charge in [0.2, 0.25) is 11.8 Å². The molecule has 4 N–H and O–H groups in total. The van der Waals surface area contributed by atoms with Gasteiger partial charge in [0.15, 0.2) is 0 Å². The highest BCUT2D eigenvalue weighted by Gasteiger charge is 2.19. The number of rotatable bonds is 6. The van der Waals surface area contributed by atoms with Crippen LogP contribution in [0.25, 0.3) is 0 Å². The van der Waals surface area contributed by atoms with Crippen LogP contribution in [0.1, 0.15) is 26.7 Å². The number of nitrogens with one attached hydrogen (secondary N) is 2. The van der Waals surface area contributed by atoms with Crippen molar-refractivity contribution in [2.24, 2.45) is 17.6 Å². The van der Waals surface area contributed by atoms with Crippen molar-refractivity contribution in [2.75, 3.05) is 33.2 Å². The molecule has 8 heteroatoms. The van der Waals surface area contributed by atoms with Crippen LogP contribution in [0.3, 0.4) is 0 Å².